The summed E-state index contributed by atoms with van der Waals surface area (Å²) in [5.41, 5.74) is 0. The van der Waals surface area contributed by atoms with Crippen molar-refractivity contribution in [2.75, 3.05) is 39.3 Å². The molecule has 6 nitrogen and oxygen atoms in total. The standard InChI is InChI=1S/C23H41N3O3/c1-3-5-7-9-11-13-22(27)24-15-17-26(19-21-20-29-21)18-16-25-23(28)14-12-10-8-6-4-2/h3-6,21H,7-20H2,1-2H3,(H,24,27)(H,25,28)/b5-3+,6-4+. The summed E-state index contributed by atoms with van der Waals surface area (Å²) in [6.07, 6.45) is 15.9. The van der Waals surface area contributed by atoms with Crippen LogP contribution in [0, 0.1) is 0 Å². The zero-order chi connectivity index (χ0) is 21.2. The second kappa shape index (κ2) is 17.2. The predicted molar refractivity (Wildman–Crippen MR) is 119 cm³/mol. The molecule has 1 rings (SSSR count). The fourth-order valence-electron chi connectivity index (χ4n) is 3.07. The first-order valence-corrected chi connectivity index (χ1v) is 11.2. The van der Waals surface area contributed by atoms with E-state index in [4.69, 9.17) is 4.74 Å². The van der Waals surface area contributed by atoms with Crippen LogP contribution in [0.25, 0.3) is 0 Å². The summed E-state index contributed by atoms with van der Waals surface area (Å²) in [4.78, 5) is 26.1. The van der Waals surface area contributed by atoms with E-state index in [1.807, 2.05) is 26.0 Å². The Hall–Kier alpha value is -1.66. The van der Waals surface area contributed by atoms with Gasteiger partial charge in [-0.25, -0.2) is 0 Å². The van der Waals surface area contributed by atoms with Gasteiger partial charge in [-0.15, -0.1) is 0 Å². The average molecular weight is 408 g/mol. The summed E-state index contributed by atoms with van der Waals surface area (Å²) in [5, 5.41) is 6.02. The molecule has 1 fully saturated rings. The fraction of sp³-hybridized carbons (Fsp3) is 0.739. The van der Waals surface area contributed by atoms with Gasteiger partial charge in [0.15, 0.2) is 0 Å². The number of ether oxygens (including phenoxy) is 1. The Bertz CT molecular complexity index is 464. The van der Waals surface area contributed by atoms with Crippen molar-refractivity contribution in [1.82, 2.24) is 15.5 Å². The molecule has 0 radical (unpaired) electrons. The molecule has 1 aliphatic rings. The molecule has 1 atom stereocenters. The summed E-state index contributed by atoms with van der Waals surface area (Å²) >= 11 is 0. The van der Waals surface area contributed by atoms with Gasteiger partial charge in [-0.1, -0.05) is 24.3 Å². The number of hydrogen-bond acceptors (Lipinski definition) is 4. The molecule has 0 aromatic carbocycles. The van der Waals surface area contributed by atoms with E-state index >= 15 is 0 Å². The highest BCUT2D eigenvalue weighted by Gasteiger charge is 2.25. The zero-order valence-electron chi connectivity index (χ0n) is 18.5. The Kier molecular flexibility index (Phi) is 15.1. The van der Waals surface area contributed by atoms with Crippen molar-refractivity contribution in [2.45, 2.75) is 71.3 Å². The topological polar surface area (TPSA) is 74.0 Å². The smallest absolute Gasteiger partial charge is 0.220 e. The number of rotatable bonds is 18. The number of nitrogens with zero attached hydrogens (tertiary/aromatic N) is 1. The lowest BCUT2D eigenvalue weighted by molar-refractivity contribution is -0.121. The van der Waals surface area contributed by atoms with E-state index in [1.54, 1.807) is 0 Å². The summed E-state index contributed by atoms with van der Waals surface area (Å²) in [6, 6.07) is 0. The van der Waals surface area contributed by atoms with Crippen molar-refractivity contribution in [3.8, 4) is 0 Å². The number of carbonyl (C=O) groups is 2. The van der Waals surface area contributed by atoms with Crippen molar-refractivity contribution in [2.24, 2.45) is 0 Å². The highest BCUT2D eigenvalue weighted by molar-refractivity contribution is 5.76. The Morgan fingerprint density at radius 1 is 0.897 bits per heavy atom. The Morgan fingerprint density at radius 2 is 1.38 bits per heavy atom. The van der Waals surface area contributed by atoms with Gasteiger partial charge in [0.1, 0.15) is 0 Å². The van der Waals surface area contributed by atoms with Gasteiger partial charge in [-0.05, 0) is 52.4 Å². The van der Waals surface area contributed by atoms with Gasteiger partial charge >= 0.3 is 0 Å². The maximum Gasteiger partial charge on any atom is 0.220 e. The van der Waals surface area contributed by atoms with Crippen LogP contribution in [0.3, 0.4) is 0 Å². The highest BCUT2D eigenvalue weighted by Crippen LogP contribution is 2.10. The third-order valence-electron chi connectivity index (χ3n) is 4.89. The largest absolute Gasteiger partial charge is 0.372 e. The van der Waals surface area contributed by atoms with E-state index in [0.717, 1.165) is 64.8 Å². The molecule has 1 heterocycles. The van der Waals surface area contributed by atoms with Crippen molar-refractivity contribution >= 4 is 11.8 Å². The van der Waals surface area contributed by atoms with E-state index in [1.165, 1.54) is 0 Å². The van der Waals surface area contributed by atoms with Crippen LogP contribution in [0.4, 0.5) is 0 Å². The van der Waals surface area contributed by atoms with Crippen molar-refractivity contribution < 1.29 is 14.3 Å². The second-order valence-electron chi connectivity index (χ2n) is 7.59. The molecule has 0 aromatic heterocycles. The van der Waals surface area contributed by atoms with E-state index in [2.05, 4.69) is 27.7 Å². The van der Waals surface area contributed by atoms with Gasteiger partial charge < -0.3 is 15.4 Å². The molecule has 2 N–H and O–H groups in total. The minimum Gasteiger partial charge on any atom is -0.372 e. The Morgan fingerprint density at radius 3 is 1.79 bits per heavy atom. The number of unbranched alkanes of at least 4 members (excludes halogenated alkanes) is 4. The summed E-state index contributed by atoms with van der Waals surface area (Å²) in [5.74, 6) is 0.249. The van der Waals surface area contributed by atoms with Crippen LogP contribution in [0.5, 0.6) is 0 Å². The number of carbonyl (C=O) groups excluding carboxylic acids is 2. The SMILES string of the molecule is C/C=C/CCCCC(=O)NCCN(CCNC(=O)CCCC/C=C/C)CC1CO1. The summed E-state index contributed by atoms with van der Waals surface area (Å²) in [7, 11) is 0. The van der Waals surface area contributed by atoms with Crippen LogP contribution in [0.1, 0.15) is 65.2 Å². The molecule has 0 bridgehead atoms. The molecule has 2 amide bonds. The van der Waals surface area contributed by atoms with Crippen LogP contribution in [0.15, 0.2) is 24.3 Å². The van der Waals surface area contributed by atoms with E-state index in [-0.39, 0.29) is 11.8 Å². The van der Waals surface area contributed by atoms with Gasteiger partial charge in [0, 0.05) is 45.6 Å². The summed E-state index contributed by atoms with van der Waals surface area (Å²) in [6.45, 7) is 8.55. The molecule has 166 valence electrons. The third kappa shape index (κ3) is 15.9. The van der Waals surface area contributed by atoms with Crippen molar-refractivity contribution in [3.05, 3.63) is 24.3 Å². The molecule has 0 spiro atoms. The number of amides is 2. The molecule has 1 saturated heterocycles. The monoisotopic (exact) mass is 407 g/mol. The lowest BCUT2D eigenvalue weighted by Crippen LogP contribution is -2.41. The Labute approximate surface area is 177 Å². The molecular formula is C23H41N3O3. The molecule has 6 heteroatoms. The van der Waals surface area contributed by atoms with Crippen LogP contribution in [0.2, 0.25) is 0 Å². The van der Waals surface area contributed by atoms with Crippen molar-refractivity contribution in [1.29, 1.82) is 0 Å². The lowest BCUT2D eigenvalue weighted by atomic mass is 10.2. The van der Waals surface area contributed by atoms with E-state index in [0.29, 0.717) is 32.0 Å². The second-order valence-corrected chi connectivity index (χ2v) is 7.59. The zero-order valence-corrected chi connectivity index (χ0v) is 18.5. The first-order chi connectivity index (χ1) is 14.2. The van der Waals surface area contributed by atoms with E-state index < -0.39 is 0 Å². The van der Waals surface area contributed by atoms with Gasteiger partial charge in [0.05, 0.1) is 12.7 Å². The van der Waals surface area contributed by atoms with Crippen LogP contribution in [-0.2, 0) is 14.3 Å². The summed E-state index contributed by atoms with van der Waals surface area (Å²) < 4.78 is 5.34. The van der Waals surface area contributed by atoms with Crippen LogP contribution in [-0.4, -0.2) is 62.1 Å². The minimum absolute atomic E-state index is 0.124. The minimum atomic E-state index is 0.124. The Balaban J connectivity index is 2.11. The number of epoxide rings is 1. The average Bonchev–Trinajstić information content (AvgIpc) is 3.51. The molecule has 29 heavy (non-hydrogen) atoms. The fourth-order valence-corrected chi connectivity index (χ4v) is 3.07. The first kappa shape index (κ1) is 25.4. The van der Waals surface area contributed by atoms with E-state index in [9.17, 15) is 9.59 Å². The molecule has 1 aliphatic heterocycles. The van der Waals surface area contributed by atoms with Crippen LogP contribution < -0.4 is 10.6 Å². The van der Waals surface area contributed by atoms with Gasteiger partial charge in [-0.2, -0.15) is 0 Å². The molecule has 1 unspecified atom stereocenters. The van der Waals surface area contributed by atoms with Crippen LogP contribution >= 0.6 is 0 Å². The predicted octanol–water partition coefficient (Wildman–Crippen LogP) is 3.19. The maximum atomic E-state index is 11.9. The normalized spacial score (nSPS) is 16.0. The molecular weight excluding hydrogens is 366 g/mol. The molecule has 0 aliphatic carbocycles. The quantitative estimate of drug-likeness (QED) is 0.208. The lowest BCUT2D eigenvalue weighted by Gasteiger charge is -2.21. The maximum absolute atomic E-state index is 11.9. The van der Waals surface area contributed by atoms with Gasteiger partial charge in [0.25, 0.3) is 0 Å². The van der Waals surface area contributed by atoms with Gasteiger partial charge in [0.2, 0.25) is 11.8 Å². The molecule has 0 saturated carbocycles. The van der Waals surface area contributed by atoms with Gasteiger partial charge in [-0.3, -0.25) is 14.5 Å². The number of hydrogen-bond donors (Lipinski definition) is 2. The third-order valence-corrected chi connectivity index (χ3v) is 4.89. The number of nitrogens with one attached hydrogen (secondary N) is 2. The number of allylic oxidation sites excluding steroid dienone is 4. The first-order valence-electron chi connectivity index (χ1n) is 11.2. The highest BCUT2D eigenvalue weighted by atomic mass is 16.6. The molecule has 0 aromatic rings. The van der Waals surface area contributed by atoms with Crippen molar-refractivity contribution in [3.63, 3.8) is 0 Å².